The Morgan fingerprint density at radius 1 is 1.03 bits per heavy atom. The summed E-state index contributed by atoms with van der Waals surface area (Å²) in [7, 11) is 0. The molecular weight excluding hydrogens is 539 g/mol. The standard InChI is InChI=1S/C29H28Cl2N4O4/c1-17(2)39-24-15-22(36)11-12-23(24)28-33-26(18-3-7-20(30)8-4-18)27(19-5-9-21(31)10-6-19)35(28)29(38)34-14-13-32-25(37)16-34/h3-12,15,17,26-27,36H,13-14,16H2,1-2H3,(H,32,37)/t26-,27+/m0/s1. The minimum atomic E-state index is -0.559. The van der Waals surface area contributed by atoms with Crippen molar-refractivity contribution in [3.05, 3.63) is 93.5 Å². The van der Waals surface area contributed by atoms with Gasteiger partial charge < -0.3 is 20.1 Å². The molecule has 8 nitrogen and oxygen atoms in total. The molecule has 5 rings (SSSR count). The first-order valence-electron chi connectivity index (χ1n) is 12.6. The van der Waals surface area contributed by atoms with Gasteiger partial charge in [0, 0.05) is 29.2 Å². The number of phenols is 1. The molecule has 0 saturated carbocycles. The van der Waals surface area contributed by atoms with Crippen LogP contribution < -0.4 is 10.1 Å². The summed E-state index contributed by atoms with van der Waals surface area (Å²) in [5, 5.41) is 14.2. The van der Waals surface area contributed by atoms with Gasteiger partial charge in [0.1, 0.15) is 29.9 Å². The maximum absolute atomic E-state index is 14.3. The third kappa shape index (κ3) is 5.67. The van der Waals surface area contributed by atoms with Crippen LogP contribution in [0.2, 0.25) is 10.0 Å². The molecule has 202 valence electrons. The molecule has 0 spiro atoms. The Labute approximate surface area is 236 Å². The number of phenolic OH excluding ortho intramolecular Hbond substituents is 1. The average molecular weight is 567 g/mol. The number of piperazine rings is 1. The Balaban J connectivity index is 1.70. The molecule has 3 aromatic rings. The van der Waals surface area contributed by atoms with Gasteiger partial charge in [-0.3, -0.25) is 14.7 Å². The van der Waals surface area contributed by atoms with Gasteiger partial charge in [-0.15, -0.1) is 0 Å². The zero-order valence-corrected chi connectivity index (χ0v) is 23.0. The van der Waals surface area contributed by atoms with Crippen LogP contribution in [0.3, 0.4) is 0 Å². The molecule has 3 aromatic carbocycles. The number of ether oxygens (including phenoxy) is 1. The van der Waals surface area contributed by atoms with Crippen molar-refractivity contribution < 1.29 is 19.4 Å². The number of amidine groups is 1. The number of hydrogen-bond donors (Lipinski definition) is 2. The van der Waals surface area contributed by atoms with Crippen LogP contribution in [0.25, 0.3) is 0 Å². The molecule has 0 aliphatic carbocycles. The Hall–Kier alpha value is -3.75. The average Bonchev–Trinajstić information content (AvgIpc) is 3.29. The van der Waals surface area contributed by atoms with E-state index in [9.17, 15) is 14.7 Å². The van der Waals surface area contributed by atoms with Crippen LogP contribution in [-0.4, -0.2) is 58.4 Å². The SMILES string of the molecule is CC(C)Oc1cc(O)ccc1C1=N[C@@H](c2ccc(Cl)cc2)[C@@H](c2ccc(Cl)cc2)N1C(=O)N1CCNC(=O)C1. The smallest absolute Gasteiger partial charge is 0.326 e. The Bertz CT molecular complexity index is 1410. The molecule has 2 aliphatic heterocycles. The minimum Gasteiger partial charge on any atom is -0.508 e. The zero-order chi connectivity index (χ0) is 27.7. The summed E-state index contributed by atoms with van der Waals surface area (Å²) in [4.78, 5) is 34.8. The highest BCUT2D eigenvalue weighted by Gasteiger charge is 2.45. The molecule has 1 saturated heterocycles. The second-order valence-electron chi connectivity index (χ2n) is 9.72. The topological polar surface area (TPSA) is 94.5 Å². The summed E-state index contributed by atoms with van der Waals surface area (Å²) in [5.74, 6) is 0.575. The van der Waals surface area contributed by atoms with Crippen molar-refractivity contribution >= 4 is 41.0 Å². The Morgan fingerprint density at radius 2 is 1.67 bits per heavy atom. The third-order valence-corrected chi connectivity index (χ3v) is 7.08. The summed E-state index contributed by atoms with van der Waals surface area (Å²) in [6.07, 6.45) is -0.193. The summed E-state index contributed by atoms with van der Waals surface area (Å²) in [6.45, 7) is 4.42. The molecule has 39 heavy (non-hydrogen) atoms. The largest absolute Gasteiger partial charge is 0.508 e. The van der Waals surface area contributed by atoms with Crippen LogP contribution in [0, 0.1) is 0 Å². The molecular formula is C29H28Cl2N4O4. The third-order valence-electron chi connectivity index (χ3n) is 6.57. The summed E-state index contributed by atoms with van der Waals surface area (Å²) in [6, 6.07) is 18.0. The van der Waals surface area contributed by atoms with Gasteiger partial charge in [-0.1, -0.05) is 47.5 Å². The molecule has 0 radical (unpaired) electrons. The van der Waals surface area contributed by atoms with Crippen molar-refractivity contribution in [1.82, 2.24) is 15.1 Å². The predicted octanol–water partition coefficient (Wildman–Crippen LogP) is 5.58. The molecule has 2 N–H and O–H groups in total. The summed E-state index contributed by atoms with van der Waals surface area (Å²) < 4.78 is 6.05. The molecule has 10 heteroatoms. The van der Waals surface area contributed by atoms with E-state index in [-0.39, 0.29) is 30.3 Å². The van der Waals surface area contributed by atoms with Crippen molar-refractivity contribution in [3.63, 3.8) is 0 Å². The van der Waals surface area contributed by atoms with Gasteiger partial charge in [-0.25, -0.2) is 4.79 Å². The van der Waals surface area contributed by atoms with Crippen molar-refractivity contribution in [2.75, 3.05) is 19.6 Å². The van der Waals surface area contributed by atoms with Crippen LogP contribution >= 0.6 is 23.2 Å². The molecule has 3 amide bonds. The van der Waals surface area contributed by atoms with Crippen LogP contribution in [0.5, 0.6) is 11.5 Å². The molecule has 2 atom stereocenters. The molecule has 1 fully saturated rings. The van der Waals surface area contributed by atoms with Crippen LogP contribution in [0.4, 0.5) is 4.79 Å². The lowest BCUT2D eigenvalue weighted by Gasteiger charge is -2.35. The van der Waals surface area contributed by atoms with E-state index in [1.165, 1.54) is 17.0 Å². The monoisotopic (exact) mass is 566 g/mol. The first-order valence-corrected chi connectivity index (χ1v) is 13.4. The number of rotatable bonds is 5. The first kappa shape index (κ1) is 26.8. The Morgan fingerprint density at radius 3 is 2.28 bits per heavy atom. The number of aliphatic imine (C=N–C) groups is 1. The second kappa shape index (κ2) is 11.2. The minimum absolute atomic E-state index is 0.0297. The van der Waals surface area contributed by atoms with Gasteiger partial charge in [0.2, 0.25) is 5.91 Å². The maximum Gasteiger partial charge on any atom is 0.326 e. The van der Waals surface area contributed by atoms with E-state index < -0.39 is 12.1 Å². The second-order valence-corrected chi connectivity index (χ2v) is 10.6. The lowest BCUT2D eigenvalue weighted by molar-refractivity contribution is -0.123. The van der Waals surface area contributed by atoms with Crippen LogP contribution in [0.1, 0.15) is 42.6 Å². The first-order chi connectivity index (χ1) is 18.7. The number of halogens is 2. The molecule has 2 aliphatic rings. The van der Waals surface area contributed by atoms with Gasteiger partial charge >= 0.3 is 6.03 Å². The number of aromatic hydroxyl groups is 1. The molecule has 0 unspecified atom stereocenters. The number of carbonyl (C=O) groups excluding carboxylic acids is 2. The van der Waals surface area contributed by atoms with Gasteiger partial charge in [0.05, 0.1) is 17.7 Å². The lowest BCUT2D eigenvalue weighted by atomic mass is 9.93. The van der Waals surface area contributed by atoms with Crippen molar-refractivity contribution in [3.8, 4) is 11.5 Å². The van der Waals surface area contributed by atoms with E-state index >= 15 is 0 Å². The maximum atomic E-state index is 14.3. The fraction of sp³-hybridized carbons (Fsp3) is 0.276. The van der Waals surface area contributed by atoms with Gasteiger partial charge in [-0.05, 0) is 61.4 Å². The predicted molar refractivity (Wildman–Crippen MR) is 151 cm³/mol. The Kier molecular flexibility index (Phi) is 7.68. The normalized spacial score (nSPS) is 19.2. The molecule has 0 aromatic heterocycles. The van der Waals surface area contributed by atoms with Gasteiger partial charge in [0.25, 0.3) is 0 Å². The summed E-state index contributed by atoms with van der Waals surface area (Å²) >= 11 is 12.4. The number of nitrogens with zero attached hydrogens (tertiary/aromatic N) is 3. The number of amides is 3. The fourth-order valence-corrected chi connectivity index (χ4v) is 5.11. The highest BCUT2D eigenvalue weighted by molar-refractivity contribution is 6.30. The lowest BCUT2D eigenvalue weighted by Crippen LogP contribution is -2.55. The van der Waals surface area contributed by atoms with Crippen molar-refractivity contribution in [2.24, 2.45) is 4.99 Å². The summed E-state index contributed by atoms with van der Waals surface area (Å²) in [5.41, 5.74) is 2.22. The number of urea groups is 1. The van der Waals surface area contributed by atoms with E-state index in [0.29, 0.717) is 40.3 Å². The van der Waals surface area contributed by atoms with Crippen molar-refractivity contribution in [2.45, 2.75) is 32.0 Å². The van der Waals surface area contributed by atoms with E-state index in [4.69, 9.17) is 32.9 Å². The molecule has 0 bridgehead atoms. The van der Waals surface area contributed by atoms with Crippen LogP contribution in [-0.2, 0) is 4.79 Å². The van der Waals surface area contributed by atoms with E-state index in [2.05, 4.69) is 5.32 Å². The molecule has 2 heterocycles. The zero-order valence-electron chi connectivity index (χ0n) is 21.5. The van der Waals surface area contributed by atoms with Gasteiger partial charge in [0.15, 0.2) is 0 Å². The van der Waals surface area contributed by atoms with Gasteiger partial charge in [-0.2, -0.15) is 0 Å². The number of nitrogens with one attached hydrogen (secondary N) is 1. The fourth-order valence-electron chi connectivity index (χ4n) is 4.86. The quantitative estimate of drug-likeness (QED) is 0.421. The van der Waals surface area contributed by atoms with E-state index in [0.717, 1.165) is 11.1 Å². The highest BCUT2D eigenvalue weighted by Crippen LogP contribution is 2.45. The van der Waals surface area contributed by atoms with Crippen molar-refractivity contribution in [1.29, 1.82) is 0 Å². The van der Waals surface area contributed by atoms with E-state index in [1.54, 1.807) is 35.2 Å². The number of carbonyl (C=O) groups is 2. The highest BCUT2D eigenvalue weighted by atomic mass is 35.5. The van der Waals surface area contributed by atoms with E-state index in [1.807, 2.05) is 38.1 Å². The van der Waals surface area contributed by atoms with Crippen LogP contribution in [0.15, 0.2) is 71.7 Å². The number of hydrogen-bond acceptors (Lipinski definition) is 5. The number of benzene rings is 3.